The summed E-state index contributed by atoms with van der Waals surface area (Å²) in [6.07, 6.45) is 8.83. The van der Waals surface area contributed by atoms with Crippen molar-refractivity contribution < 1.29 is 4.74 Å². The first kappa shape index (κ1) is 15.9. The molecule has 0 bridgehead atoms. The van der Waals surface area contributed by atoms with Crippen molar-refractivity contribution in [1.29, 1.82) is 0 Å². The lowest BCUT2D eigenvalue weighted by atomic mass is 9.91. The minimum Gasteiger partial charge on any atom is -0.380 e. The fourth-order valence-electron chi connectivity index (χ4n) is 3.34. The fraction of sp³-hybridized carbons (Fsp3) is 0.737. The van der Waals surface area contributed by atoms with Crippen molar-refractivity contribution in [2.24, 2.45) is 5.92 Å². The number of rotatable bonds is 8. The molecular formula is C19H30N2O. The summed E-state index contributed by atoms with van der Waals surface area (Å²) in [5, 5.41) is 3.70. The van der Waals surface area contributed by atoms with E-state index in [9.17, 15) is 0 Å². The molecule has 122 valence electrons. The molecule has 0 aliphatic heterocycles. The van der Waals surface area contributed by atoms with Crippen molar-refractivity contribution in [3.63, 3.8) is 0 Å². The summed E-state index contributed by atoms with van der Waals surface area (Å²) in [4.78, 5) is 4.75. The molecule has 2 aliphatic rings. The Kier molecular flexibility index (Phi) is 5.48. The number of aromatic nitrogens is 1. The topological polar surface area (TPSA) is 34.1 Å². The van der Waals surface area contributed by atoms with Crippen LogP contribution in [-0.4, -0.2) is 24.2 Å². The van der Waals surface area contributed by atoms with Crippen molar-refractivity contribution in [2.45, 2.75) is 71.4 Å². The molecule has 1 fully saturated rings. The van der Waals surface area contributed by atoms with E-state index in [1.807, 2.05) is 0 Å². The van der Waals surface area contributed by atoms with E-state index in [4.69, 9.17) is 9.72 Å². The van der Waals surface area contributed by atoms with Crippen LogP contribution < -0.4 is 5.32 Å². The van der Waals surface area contributed by atoms with Crippen LogP contribution in [0.15, 0.2) is 6.07 Å². The van der Waals surface area contributed by atoms with E-state index in [1.165, 1.54) is 48.9 Å². The molecule has 0 spiro atoms. The Hall–Kier alpha value is -0.930. The molecule has 1 aromatic rings. The van der Waals surface area contributed by atoms with Gasteiger partial charge in [-0.25, -0.2) is 0 Å². The van der Waals surface area contributed by atoms with Crippen LogP contribution in [0, 0.1) is 12.8 Å². The number of fused-ring (bicyclic) bond motifs is 1. The first-order valence-electron chi connectivity index (χ1n) is 9.05. The largest absolute Gasteiger partial charge is 0.380 e. The van der Waals surface area contributed by atoms with Gasteiger partial charge in [0, 0.05) is 30.6 Å². The zero-order valence-electron chi connectivity index (χ0n) is 14.2. The van der Waals surface area contributed by atoms with Crippen LogP contribution in [0.3, 0.4) is 0 Å². The lowest BCUT2D eigenvalue weighted by Crippen LogP contribution is -2.33. The molecule has 1 unspecified atom stereocenters. The van der Waals surface area contributed by atoms with Crippen molar-refractivity contribution in [3.8, 4) is 0 Å². The second-order valence-corrected chi connectivity index (χ2v) is 7.02. The average molecular weight is 302 g/mol. The van der Waals surface area contributed by atoms with Gasteiger partial charge < -0.3 is 10.1 Å². The molecule has 1 atom stereocenters. The standard InChI is InChI=1S/C19H30N2O/c1-3-17(13-22-12-15-8-9-15)20-11-16-10-14(2)21-19-7-5-4-6-18(16)19/h10,15,17,20H,3-9,11-13H2,1-2H3. The van der Waals surface area contributed by atoms with Crippen molar-refractivity contribution in [1.82, 2.24) is 10.3 Å². The van der Waals surface area contributed by atoms with Gasteiger partial charge in [0.1, 0.15) is 0 Å². The second kappa shape index (κ2) is 7.56. The number of hydrogen-bond donors (Lipinski definition) is 1. The van der Waals surface area contributed by atoms with E-state index in [2.05, 4.69) is 25.2 Å². The Morgan fingerprint density at radius 3 is 2.91 bits per heavy atom. The molecule has 0 aromatic carbocycles. The highest BCUT2D eigenvalue weighted by atomic mass is 16.5. The van der Waals surface area contributed by atoms with Gasteiger partial charge in [0.15, 0.2) is 0 Å². The summed E-state index contributed by atoms with van der Waals surface area (Å²) >= 11 is 0. The predicted octanol–water partition coefficient (Wildman–Crippen LogP) is 3.56. The Morgan fingerprint density at radius 2 is 2.14 bits per heavy atom. The molecule has 1 saturated carbocycles. The second-order valence-electron chi connectivity index (χ2n) is 7.02. The minimum absolute atomic E-state index is 0.464. The van der Waals surface area contributed by atoms with Crippen LogP contribution in [-0.2, 0) is 24.1 Å². The van der Waals surface area contributed by atoms with Gasteiger partial charge in [0.25, 0.3) is 0 Å². The molecule has 1 N–H and O–H groups in total. The average Bonchev–Trinajstić information content (AvgIpc) is 3.34. The maximum absolute atomic E-state index is 5.86. The van der Waals surface area contributed by atoms with Crippen LogP contribution in [0.5, 0.6) is 0 Å². The molecule has 0 saturated heterocycles. The predicted molar refractivity (Wildman–Crippen MR) is 90.1 cm³/mol. The third kappa shape index (κ3) is 4.30. The lowest BCUT2D eigenvalue weighted by molar-refractivity contribution is 0.101. The summed E-state index contributed by atoms with van der Waals surface area (Å²) in [6, 6.07) is 2.74. The zero-order chi connectivity index (χ0) is 15.4. The molecule has 1 aromatic heterocycles. The Morgan fingerprint density at radius 1 is 1.32 bits per heavy atom. The highest BCUT2D eigenvalue weighted by molar-refractivity contribution is 5.34. The normalized spacial score (nSPS) is 19.0. The van der Waals surface area contributed by atoms with Gasteiger partial charge in [0.05, 0.1) is 6.61 Å². The number of nitrogens with zero attached hydrogens (tertiary/aromatic N) is 1. The van der Waals surface area contributed by atoms with Gasteiger partial charge in [-0.2, -0.15) is 0 Å². The molecule has 3 heteroatoms. The number of nitrogens with one attached hydrogen (secondary N) is 1. The van der Waals surface area contributed by atoms with Crippen LogP contribution in [0.4, 0.5) is 0 Å². The van der Waals surface area contributed by atoms with Gasteiger partial charge in [-0.1, -0.05) is 6.92 Å². The number of pyridine rings is 1. The number of aryl methyl sites for hydroxylation is 2. The molecule has 3 rings (SSSR count). The van der Waals surface area contributed by atoms with Gasteiger partial charge in [-0.05, 0) is 75.0 Å². The van der Waals surface area contributed by atoms with E-state index in [0.29, 0.717) is 6.04 Å². The smallest absolute Gasteiger partial charge is 0.0619 e. The van der Waals surface area contributed by atoms with E-state index < -0.39 is 0 Å². The molecule has 3 nitrogen and oxygen atoms in total. The number of ether oxygens (including phenoxy) is 1. The van der Waals surface area contributed by atoms with Gasteiger partial charge in [-0.15, -0.1) is 0 Å². The minimum atomic E-state index is 0.464. The first-order chi connectivity index (χ1) is 10.8. The Balaban J connectivity index is 1.55. The summed E-state index contributed by atoms with van der Waals surface area (Å²) in [5.74, 6) is 0.854. The van der Waals surface area contributed by atoms with Crippen molar-refractivity contribution >= 4 is 0 Å². The van der Waals surface area contributed by atoms with E-state index >= 15 is 0 Å². The van der Waals surface area contributed by atoms with Crippen LogP contribution in [0.25, 0.3) is 0 Å². The van der Waals surface area contributed by atoms with Crippen LogP contribution >= 0.6 is 0 Å². The maximum Gasteiger partial charge on any atom is 0.0619 e. The van der Waals surface area contributed by atoms with Crippen molar-refractivity contribution in [3.05, 3.63) is 28.6 Å². The molecule has 0 amide bonds. The maximum atomic E-state index is 5.86. The summed E-state index contributed by atoms with van der Waals surface area (Å²) in [7, 11) is 0. The zero-order valence-corrected chi connectivity index (χ0v) is 14.2. The highest BCUT2D eigenvalue weighted by Crippen LogP contribution is 2.28. The van der Waals surface area contributed by atoms with Gasteiger partial charge in [0.2, 0.25) is 0 Å². The molecule has 1 heterocycles. The third-order valence-electron chi connectivity index (χ3n) is 4.96. The van der Waals surface area contributed by atoms with Gasteiger partial charge in [-0.3, -0.25) is 4.98 Å². The van der Waals surface area contributed by atoms with Crippen LogP contribution in [0.1, 0.15) is 61.5 Å². The summed E-state index contributed by atoms with van der Waals surface area (Å²) in [6.45, 7) is 7.12. The molecule has 2 aliphatic carbocycles. The summed E-state index contributed by atoms with van der Waals surface area (Å²) in [5.41, 5.74) is 5.48. The van der Waals surface area contributed by atoms with Crippen LogP contribution in [0.2, 0.25) is 0 Å². The third-order valence-corrected chi connectivity index (χ3v) is 4.96. The molecule has 0 radical (unpaired) electrons. The fourth-order valence-corrected chi connectivity index (χ4v) is 3.34. The van der Waals surface area contributed by atoms with Gasteiger partial charge >= 0.3 is 0 Å². The van der Waals surface area contributed by atoms with Crippen molar-refractivity contribution in [2.75, 3.05) is 13.2 Å². The van der Waals surface area contributed by atoms with E-state index in [-0.39, 0.29) is 0 Å². The number of hydrogen-bond acceptors (Lipinski definition) is 3. The SMILES string of the molecule is CCC(COCC1CC1)NCc1cc(C)nc2c1CCCC2. The first-order valence-corrected chi connectivity index (χ1v) is 9.05. The molecule has 22 heavy (non-hydrogen) atoms. The van der Waals surface area contributed by atoms with E-state index in [0.717, 1.165) is 44.2 Å². The summed E-state index contributed by atoms with van der Waals surface area (Å²) < 4.78 is 5.86. The van der Waals surface area contributed by atoms with E-state index in [1.54, 1.807) is 0 Å². The monoisotopic (exact) mass is 302 g/mol. The Labute approximate surface area is 134 Å². The highest BCUT2D eigenvalue weighted by Gasteiger charge is 2.22. The Bertz CT molecular complexity index is 496. The quantitative estimate of drug-likeness (QED) is 0.797. The lowest BCUT2D eigenvalue weighted by Gasteiger charge is -2.22. The molecular weight excluding hydrogens is 272 g/mol.